The van der Waals surface area contributed by atoms with Crippen LogP contribution in [0.15, 0.2) is 5.38 Å². The highest BCUT2D eigenvalue weighted by molar-refractivity contribution is 7.09. The van der Waals surface area contributed by atoms with Gasteiger partial charge in [0, 0.05) is 31.9 Å². The predicted molar refractivity (Wildman–Crippen MR) is 76.1 cm³/mol. The van der Waals surface area contributed by atoms with Gasteiger partial charge in [-0.25, -0.2) is 14.6 Å². The number of carboxylic acid groups (broad SMARTS) is 1. The van der Waals surface area contributed by atoms with Crippen LogP contribution in [0, 0.1) is 5.92 Å². The van der Waals surface area contributed by atoms with Crippen molar-refractivity contribution in [3.05, 3.63) is 16.1 Å². The van der Waals surface area contributed by atoms with Crippen LogP contribution < -0.4 is 5.32 Å². The number of nitrogens with one attached hydrogen (secondary N) is 1. The molecule has 0 saturated heterocycles. The SMILES string of the molecule is CN(CC1CCC1)C(=O)NCCc1nc(C(=O)O)cs1. The number of urea groups is 1. The molecule has 0 spiro atoms. The molecule has 1 heterocycles. The average Bonchev–Trinajstić information content (AvgIpc) is 2.82. The van der Waals surface area contributed by atoms with Gasteiger partial charge in [-0.15, -0.1) is 11.3 Å². The van der Waals surface area contributed by atoms with Gasteiger partial charge >= 0.3 is 12.0 Å². The summed E-state index contributed by atoms with van der Waals surface area (Å²) in [5, 5.41) is 13.8. The van der Waals surface area contributed by atoms with Crippen LogP contribution >= 0.6 is 11.3 Å². The highest BCUT2D eigenvalue weighted by atomic mass is 32.1. The Hall–Kier alpha value is -1.63. The number of rotatable bonds is 6. The third-order valence-corrected chi connectivity index (χ3v) is 4.40. The van der Waals surface area contributed by atoms with Crippen molar-refractivity contribution in [1.29, 1.82) is 0 Å². The van der Waals surface area contributed by atoms with E-state index in [-0.39, 0.29) is 11.7 Å². The summed E-state index contributed by atoms with van der Waals surface area (Å²) >= 11 is 1.30. The lowest BCUT2D eigenvalue weighted by atomic mass is 9.85. The maximum Gasteiger partial charge on any atom is 0.355 e. The molecular weight excluding hydrogens is 278 g/mol. The molecule has 110 valence electrons. The molecule has 1 aliphatic rings. The molecule has 20 heavy (non-hydrogen) atoms. The lowest BCUT2D eigenvalue weighted by Crippen LogP contribution is -2.41. The quantitative estimate of drug-likeness (QED) is 0.839. The lowest BCUT2D eigenvalue weighted by Gasteiger charge is -2.30. The van der Waals surface area contributed by atoms with Crippen LogP contribution in [0.2, 0.25) is 0 Å². The fraction of sp³-hybridized carbons (Fsp3) is 0.615. The molecule has 7 heteroatoms. The van der Waals surface area contributed by atoms with E-state index in [9.17, 15) is 9.59 Å². The molecule has 6 nitrogen and oxygen atoms in total. The first kappa shape index (κ1) is 14.8. The second-order valence-corrected chi connectivity index (χ2v) is 6.03. The number of nitrogens with zero attached hydrogens (tertiary/aromatic N) is 2. The van der Waals surface area contributed by atoms with Gasteiger partial charge in [-0.2, -0.15) is 0 Å². The van der Waals surface area contributed by atoms with Crippen molar-refractivity contribution in [2.45, 2.75) is 25.7 Å². The molecule has 1 aliphatic carbocycles. The summed E-state index contributed by atoms with van der Waals surface area (Å²) in [4.78, 5) is 28.2. The van der Waals surface area contributed by atoms with E-state index in [1.54, 1.807) is 11.9 Å². The molecular formula is C13H19N3O3S. The van der Waals surface area contributed by atoms with Gasteiger partial charge in [-0.3, -0.25) is 0 Å². The topological polar surface area (TPSA) is 82.5 Å². The molecule has 1 fully saturated rings. The Morgan fingerprint density at radius 3 is 2.85 bits per heavy atom. The molecule has 0 atom stereocenters. The molecule has 1 saturated carbocycles. The zero-order chi connectivity index (χ0) is 14.5. The molecule has 0 bridgehead atoms. The normalized spacial score (nSPS) is 14.7. The third-order valence-electron chi connectivity index (χ3n) is 3.49. The second-order valence-electron chi connectivity index (χ2n) is 5.09. The largest absolute Gasteiger partial charge is 0.476 e. The molecule has 0 unspecified atom stereocenters. The fourth-order valence-corrected chi connectivity index (χ4v) is 2.85. The van der Waals surface area contributed by atoms with E-state index < -0.39 is 5.97 Å². The van der Waals surface area contributed by atoms with Gasteiger partial charge in [-0.1, -0.05) is 6.42 Å². The summed E-state index contributed by atoms with van der Waals surface area (Å²) in [7, 11) is 1.81. The van der Waals surface area contributed by atoms with E-state index in [2.05, 4.69) is 10.3 Å². The number of aromatic nitrogens is 1. The highest BCUT2D eigenvalue weighted by Crippen LogP contribution is 2.26. The first-order chi connectivity index (χ1) is 9.56. The van der Waals surface area contributed by atoms with Gasteiger partial charge in [-0.05, 0) is 18.8 Å². The van der Waals surface area contributed by atoms with Gasteiger partial charge in [0.05, 0.1) is 5.01 Å². The van der Waals surface area contributed by atoms with E-state index in [1.165, 1.54) is 36.0 Å². The Bertz CT molecular complexity index is 485. The van der Waals surface area contributed by atoms with Crippen molar-refractivity contribution >= 4 is 23.3 Å². The Balaban J connectivity index is 1.68. The first-order valence-electron chi connectivity index (χ1n) is 6.73. The Morgan fingerprint density at radius 1 is 1.55 bits per heavy atom. The molecule has 2 amide bonds. The van der Waals surface area contributed by atoms with Crippen LogP contribution in [-0.4, -0.2) is 47.1 Å². The molecule has 0 radical (unpaired) electrons. The number of carbonyl (C=O) groups is 2. The molecule has 2 rings (SSSR count). The van der Waals surface area contributed by atoms with E-state index in [4.69, 9.17) is 5.11 Å². The minimum absolute atomic E-state index is 0.0680. The average molecular weight is 297 g/mol. The summed E-state index contributed by atoms with van der Waals surface area (Å²) in [6.45, 7) is 1.28. The van der Waals surface area contributed by atoms with Gasteiger partial charge in [0.15, 0.2) is 5.69 Å². The van der Waals surface area contributed by atoms with E-state index in [1.807, 2.05) is 0 Å². The smallest absolute Gasteiger partial charge is 0.355 e. The van der Waals surface area contributed by atoms with Crippen LogP contribution in [0.25, 0.3) is 0 Å². The van der Waals surface area contributed by atoms with Gasteiger partial charge in [0.25, 0.3) is 0 Å². The fourth-order valence-electron chi connectivity index (χ4n) is 2.08. The molecule has 0 aromatic carbocycles. The van der Waals surface area contributed by atoms with E-state index in [0.29, 0.717) is 18.9 Å². The maximum atomic E-state index is 11.8. The van der Waals surface area contributed by atoms with E-state index >= 15 is 0 Å². The highest BCUT2D eigenvalue weighted by Gasteiger charge is 2.21. The standard InChI is InChI=1S/C13H19N3O3S/c1-16(7-9-3-2-4-9)13(19)14-6-5-11-15-10(8-20-11)12(17)18/h8-9H,2-7H2,1H3,(H,14,19)(H,17,18). The number of thiazole rings is 1. The van der Waals surface area contributed by atoms with Crippen molar-refractivity contribution in [3.8, 4) is 0 Å². The third kappa shape index (κ3) is 3.93. The first-order valence-corrected chi connectivity index (χ1v) is 7.61. The number of hydrogen-bond acceptors (Lipinski definition) is 4. The van der Waals surface area contributed by atoms with Crippen molar-refractivity contribution in [2.75, 3.05) is 20.1 Å². The van der Waals surface area contributed by atoms with Crippen LogP contribution in [-0.2, 0) is 6.42 Å². The number of aromatic carboxylic acids is 1. The lowest BCUT2D eigenvalue weighted by molar-refractivity contribution is 0.0691. The minimum Gasteiger partial charge on any atom is -0.476 e. The van der Waals surface area contributed by atoms with Crippen LogP contribution in [0.1, 0.15) is 34.8 Å². The summed E-state index contributed by atoms with van der Waals surface area (Å²) in [5.41, 5.74) is 0.0680. The van der Waals surface area contributed by atoms with Crippen LogP contribution in [0.3, 0.4) is 0 Å². The minimum atomic E-state index is -1.02. The maximum absolute atomic E-state index is 11.8. The molecule has 2 N–H and O–H groups in total. The predicted octanol–water partition coefficient (Wildman–Crippen LogP) is 1.83. The summed E-state index contributed by atoms with van der Waals surface area (Å²) in [6, 6.07) is -0.0769. The van der Waals surface area contributed by atoms with Crippen molar-refractivity contribution in [2.24, 2.45) is 5.92 Å². The van der Waals surface area contributed by atoms with Crippen LogP contribution in [0.4, 0.5) is 4.79 Å². The summed E-state index contributed by atoms with van der Waals surface area (Å²) in [6.07, 6.45) is 4.26. The van der Waals surface area contributed by atoms with Crippen molar-refractivity contribution in [3.63, 3.8) is 0 Å². The Labute approximate surface area is 121 Å². The molecule has 1 aromatic rings. The van der Waals surface area contributed by atoms with Gasteiger partial charge in [0.2, 0.25) is 0 Å². The number of hydrogen-bond donors (Lipinski definition) is 2. The van der Waals surface area contributed by atoms with E-state index in [0.717, 1.165) is 11.6 Å². The number of carbonyl (C=O) groups excluding carboxylic acids is 1. The van der Waals surface area contributed by atoms with Crippen LogP contribution in [0.5, 0.6) is 0 Å². The Kier molecular flexibility index (Phi) is 4.94. The Morgan fingerprint density at radius 2 is 2.30 bits per heavy atom. The van der Waals surface area contributed by atoms with Gasteiger partial charge in [0.1, 0.15) is 0 Å². The monoisotopic (exact) mass is 297 g/mol. The van der Waals surface area contributed by atoms with Crippen molar-refractivity contribution < 1.29 is 14.7 Å². The summed E-state index contributed by atoms with van der Waals surface area (Å²) < 4.78 is 0. The summed E-state index contributed by atoms with van der Waals surface area (Å²) in [5.74, 6) is -0.361. The molecule has 0 aliphatic heterocycles. The number of amides is 2. The van der Waals surface area contributed by atoms with Gasteiger partial charge < -0.3 is 15.3 Å². The number of carboxylic acids is 1. The van der Waals surface area contributed by atoms with Crippen molar-refractivity contribution in [1.82, 2.24) is 15.2 Å². The molecule has 1 aromatic heterocycles. The second kappa shape index (κ2) is 6.69. The zero-order valence-corrected chi connectivity index (χ0v) is 12.3. The zero-order valence-electron chi connectivity index (χ0n) is 11.5.